The van der Waals surface area contributed by atoms with Gasteiger partial charge in [-0.15, -0.1) is 0 Å². The van der Waals surface area contributed by atoms with Crippen LogP contribution in [0, 0.1) is 5.92 Å². The molecule has 0 spiro atoms. The van der Waals surface area contributed by atoms with Crippen LogP contribution in [0.1, 0.15) is 43.4 Å². The molecule has 1 heterocycles. The van der Waals surface area contributed by atoms with Crippen LogP contribution in [0.5, 0.6) is 0 Å². The van der Waals surface area contributed by atoms with Crippen molar-refractivity contribution < 1.29 is 0 Å². The molecule has 0 aliphatic heterocycles. The minimum atomic E-state index is 0.802. The van der Waals surface area contributed by atoms with Crippen molar-refractivity contribution in [2.24, 2.45) is 5.92 Å². The number of pyridine rings is 1. The van der Waals surface area contributed by atoms with Crippen LogP contribution in [0.15, 0.2) is 48.8 Å². The summed E-state index contributed by atoms with van der Waals surface area (Å²) >= 11 is 0. The summed E-state index contributed by atoms with van der Waals surface area (Å²) in [6, 6.07) is 13.1. The maximum atomic E-state index is 4.19. The summed E-state index contributed by atoms with van der Waals surface area (Å²) in [5, 5.41) is 0. The lowest BCUT2D eigenvalue weighted by atomic mass is 10.0. The molecule has 0 saturated carbocycles. The van der Waals surface area contributed by atoms with Crippen molar-refractivity contribution >= 4 is 0 Å². The summed E-state index contributed by atoms with van der Waals surface area (Å²) in [5.74, 6) is 0.802. The van der Waals surface area contributed by atoms with Crippen molar-refractivity contribution in [2.75, 3.05) is 13.6 Å². The van der Waals surface area contributed by atoms with Gasteiger partial charge in [0.15, 0.2) is 0 Å². The largest absolute Gasteiger partial charge is 0.302 e. The second kappa shape index (κ2) is 8.70. The Morgan fingerprint density at radius 3 is 2.55 bits per heavy atom. The molecule has 0 bridgehead atoms. The van der Waals surface area contributed by atoms with E-state index < -0.39 is 0 Å². The average molecular weight is 296 g/mol. The first-order valence-corrected chi connectivity index (χ1v) is 8.29. The van der Waals surface area contributed by atoms with Crippen LogP contribution in [-0.2, 0) is 13.0 Å². The molecule has 0 amide bonds. The van der Waals surface area contributed by atoms with Crippen LogP contribution < -0.4 is 0 Å². The minimum Gasteiger partial charge on any atom is -0.302 e. The van der Waals surface area contributed by atoms with E-state index in [2.05, 4.69) is 61.1 Å². The number of nitrogens with zero attached hydrogens (tertiary/aromatic N) is 2. The highest BCUT2D eigenvalue weighted by Gasteiger charge is 2.03. The Morgan fingerprint density at radius 1 is 1.05 bits per heavy atom. The molecule has 0 saturated heterocycles. The van der Waals surface area contributed by atoms with Gasteiger partial charge in [-0.2, -0.15) is 0 Å². The Kier molecular flexibility index (Phi) is 6.60. The van der Waals surface area contributed by atoms with Gasteiger partial charge < -0.3 is 4.90 Å². The molecule has 0 aliphatic carbocycles. The van der Waals surface area contributed by atoms with Gasteiger partial charge in [0.1, 0.15) is 0 Å². The van der Waals surface area contributed by atoms with Crippen molar-refractivity contribution in [3.63, 3.8) is 0 Å². The summed E-state index contributed by atoms with van der Waals surface area (Å²) < 4.78 is 0. The number of benzene rings is 1. The molecular formula is C20H28N2. The zero-order chi connectivity index (χ0) is 15.8. The Morgan fingerprint density at radius 2 is 1.82 bits per heavy atom. The third-order valence-corrected chi connectivity index (χ3v) is 3.90. The molecule has 2 heteroatoms. The van der Waals surface area contributed by atoms with E-state index in [0.717, 1.165) is 18.9 Å². The van der Waals surface area contributed by atoms with Gasteiger partial charge in [0.2, 0.25) is 0 Å². The third kappa shape index (κ3) is 5.98. The Hall–Kier alpha value is -1.67. The second-order valence-electron chi connectivity index (χ2n) is 6.63. The van der Waals surface area contributed by atoms with E-state index in [9.17, 15) is 0 Å². The zero-order valence-corrected chi connectivity index (χ0v) is 14.1. The number of hydrogen-bond acceptors (Lipinski definition) is 2. The molecule has 1 aromatic carbocycles. The lowest BCUT2D eigenvalue weighted by molar-refractivity contribution is 0.310. The molecule has 2 rings (SSSR count). The smallest absolute Gasteiger partial charge is 0.0303 e. The van der Waals surface area contributed by atoms with Crippen LogP contribution in [0.3, 0.4) is 0 Å². The third-order valence-electron chi connectivity index (χ3n) is 3.90. The summed E-state index contributed by atoms with van der Waals surface area (Å²) in [4.78, 5) is 6.61. The number of rotatable bonds is 8. The van der Waals surface area contributed by atoms with Crippen molar-refractivity contribution in [1.29, 1.82) is 0 Å². The van der Waals surface area contributed by atoms with Gasteiger partial charge in [0, 0.05) is 18.9 Å². The fraction of sp³-hybridized carbons (Fsp3) is 0.450. The van der Waals surface area contributed by atoms with Gasteiger partial charge in [-0.3, -0.25) is 4.98 Å². The lowest BCUT2D eigenvalue weighted by Crippen LogP contribution is -2.19. The van der Waals surface area contributed by atoms with Crippen molar-refractivity contribution in [1.82, 2.24) is 9.88 Å². The Bertz CT molecular complexity index is 549. The van der Waals surface area contributed by atoms with Gasteiger partial charge >= 0.3 is 0 Å². The highest BCUT2D eigenvalue weighted by molar-refractivity contribution is 5.28. The summed E-state index contributed by atoms with van der Waals surface area (Å²) in [6.07, 6.45) is 7.32. The molecule has 0 atom stereocenters. The average Bonchev–Trinajstić information content (AvgIpc) is 2.48. The molecule has 0 unspecified atom stereocenters. The number of hydrogen-bond donors (Lipinski definition) is 0. The normalized spacial score (nSPS) is 11.3. The predicted molar refractivity (Wildman–Crippen MR) is 93.9 cm³/mol. The Balaban J connectivity index is 1.88. The maximum Gasteiger partial charge on any atom is 0.0303 e. The van der Waals surface area contributed by atoms with Gasteiger partial charge in [-0.25, -0.2) is 0 Å². The SMILES string of the molecule is CC(C)CCCN(C)Cc1cccc(Cc2cccnc2)c1. The van der Waals surface area contributed by atoms with Crippen molar-refractivity contribution in [3.05, 3.63) is 65.5 Å². The molecule has 0 aliphatic rings. The fourth-order valence-electron chi connectivity index (χ4n) is 2.74. The highest BCUT2D eigenvalue weighted by atomic mass is 15.1. The van der Waals surface area contributed by atoms with Crippen molar-refractivity contribution in [3.8, 4) is 0 Å². The van der Waals surface area contributed by atoms with Gasteiger partial charge in [-0.05, 0) is 61.5 Å². The van der Waals surface area contributed by atoms with E-state index >= 15 is 0 Å². The van der Waals surface area contributed by atoms with E-state index in [1.54, 1.807) is 0 Å². The fourth-order valence-corrected chi connectivity index (χ4v) is 2.74. The molecule has 2 aromatic rings. The predicted octanol–water partition coefficient (Wildman–Crippen LogP) is 4.54. The summed E-state index contributed by atoms with van der Waals surface area (Å²) in [5.41, 5.74) is 4.03. The van der Waals surface area contributed by atoms with E-state index in [0.29, 0.717) is 0 Å². The van der Waals surface area contributed by atoms with Crippen LogP contribution in [0.25, 0.3) is 0 Å². The van der Waals surface area contributed by atoms with E-state index in [4.69, 9.17) is 0 Å². The quantitative estimate of drug-likeness (QED) is 0.711. The van der Waals surface area contributed by atoms with E-state index in [1.165, 1.54) is 36.1 Å². The first kappa shape index (κ1) is 16.7. The molecule has 1 aromatic heterocycles. The lowest BCUT2D eigenvalue weighted by Gasteiger charge is -2.17. The molecular weight excluding hydrogens is 268 g/mol. The maximum absolute atomic E-state index is 4.19. The number of aromatic nitrogens is 1. The minimum absolute atomic E-state index is 0.802. The van der Waals surface area contributed by atoms with Gasteiger partial charge in [-0.1, -0.05) is 44.2 Å². The van der Waals surface area contributed by atoms with Crippen LogP contribution in [0.4, 0.5) is 0 Å². The first-order valence-electron chi connectivity index (χ1n) is 8.29. The zero-order valence-electron chi connectivity index (χ0n) is 14.1. The second-order valence-corrected chi connectivity index (χ2v) is 6.63. The van der Waals surface area contributed by atoms with Crippen LogP contribution >= 0.6 is 0 Å². The topological polar surface area (TPSA) is 16.1 Å². The highest BCUT2D eigenvalue weighted by Crippen LogP contribution is 2.13. The monoisotopic (exact) mass is 296 g/mol. The first-order chi connectivity index (χ1) is 10.6. The van der Waals surface area contributed by atoms with Crippen LogP contribution in [0.2, 0.25) is 0 Å². The van der Waals surface area contributed by atoms with E-state index in [-0.39, 0.29) is 0 Å². The molecule has 22 heavy (non-hydrogen) atoms. The van der Waals surface area contributed by atoms with Gasteiger partial charge in [0.05, 0.1) is 0 Å². The van der Waals surface area contributed by atoms with Gasteiger partial charge in [0.25, 0.3) is 0 Å². The van der Waals surface area contributed by atoms with E-state index in [1.807, 2.05) is 18.5 Å². The molecule has 118 valence electrons. The van der Waals surface area contributed by atoms with Crippen LogP contribution in [-0.4, -0.2) is 23.5 Å². The summed E-state index contributed by atoms with van der Waals surface area (Å²) in [6.45, 7) is 6.79. The molecule has 0 radical (unpaired) electrons. The molecule has 0 N–H and O–H groups in total. The van der Waals surface area contributed by atoms with Crippen molar-refractivity contribution in [2.45, 2.75) is 39.7 Å². The standard InChI is InChI=1S/C20H28N2/c1-17(2)7-6-12-22(3)16-20-9-4-8-18(14-20)13-19-10-5-11-21-15-19/h4-5,8-11,14-15,17H,6-7,12-13,16H2,1-3H3. The summed E-state index contributed by atoms with van der Waals surface area (Å²) in [7, 11) is 2.22. The molecule has 2 nitrogen and oxygen atoms in total. The Labute approximate surface area is 135 Å². The molecule has 0 fully saturated rings.